The third kappa shape index (κ3) is 4.37. The van der Waals surface area contributed by atoms with Gasteiger partial charge in [-0.2, -0.15) is 0 Å². The number of benzene rings is 2. The third-order valence-electron chi connectivity index (χ3n) is 4.10. The van der Waals surface area contributed by atoms with Crippen molar-refractivity contribution >= 4 is 17.5 Å². The molecule has 0 saturated carbocycles. The topological polar surface area (TPSA) is 71.1 Å². The number of amides is 2. The number of hydrogen-bond donors (Lipinski definition) is 2. The van der Waals surface area contributed by atoms with Gasteiger partial charge in [-0.05, 0) is 36.8 Å². The quantitative estimate of drug-likeness (QED) is 0.699. The molecule has 0 aliphatic heterocycles. The van der Waals surface area contributed by atoms with Gasteiger partial charge in [0, 0.05) is 11.8 Å². The van der Waals surface area contributed by atoms with Gasteiger partial charge in [0.05, 0.1) is 6.04 Å². The minimum atomic E-state index is -0.904. The summed E-state index contributed by atoms with van der Waals surface area (Å²) in [6, 6.07) is 15.1. The molecular weight excluding hydrogens is 364 g/mol. The average molecular weight is 381 g/mol. The standard InChI is InChI=1S/C21H17F2N3O2/c1-13(14-6-3-2-4-7-14)25-20(27)15-10-11-24-18(12-15)21(28)26-19-16(22)8-5-9-17(19)23/h2-13H,1H3,(H,25,27)(H,26,28). The number of carbonyl (C=O) groups excluding carboxylic acids is 2. The van der Waals surface area contributed by atoms with E-state index >= 15 is 0 Å². The molecule has 7 heteroatoms. The minimum absolute atomic E-state index is 0.136. The molecule has 0 fully saturated rings. The van der Waals surface area contributed by atoms with Crippen LogP contribution in [0.5, 0.6) is 0 Å². The fourth-order valence-corrected chi connectivity index (χ4v) is 2.60. The predicted molar refractivity (Wildman–Crippen MR) is 101 cm³/mol. The maximum atomic E-state index is 13.7. The van der Waals surface area contributed by atoms with Crippen molar-refractivity contribution in [1.82, 2.24) is 10.3 Å². The first-order valence-corrected chi connectivity index (χ1v) is 8.53. The summed E-state index contributed by atoms with van der Waals surface area (Å²) in [5, 5.41) is 4.97. The summed E-state index contributed by atoms with van der Waals surface area (Å²) in [7, 11) is 0. The van der Waals surface area contributed by atoms with Gasteiger partial charge in [0.25, 0.3) is 11.8 Å². The molecule has 1 atom stereocenters. The second kappa shape index (κ2) is 8.39. The number of halogens is 2. The highest BCUT2D eigenvalue weighted by Gasteiger charge is 2.17. The molecule has 2 N–H and O–H groups in total. The van der Waals surface area contributed by atoms with Gasteiger partial charge in [0.2, 0.25) is 0 Å². The molecule has 1 heterocycles. The van der Waals surface area contributed by atoms with Crippen molar-refractivity contribution in [3.63, 3.8) is 0 Å². The molecule has 5 nitrogen and oxygen atoms in total. The SMILES string of the molecule is CC(NC(=O)c1ccnc(C(=O)Nc2c(F)cccc2F)c1)c1ccccc1. The Kier molecular flexibility index (Phi) is 5.74. The summed E-state index contributed by atoms with van der Waals surface area (Å²) < 4.78 is 27.4. The van der Waals surface area contributed by atoms with E-state index in [0.717, 1.165) is 17.7 Å². The molecule has 3 rings (SSSR count). The van der Waals surface area contributed by atoms with Gasteiger partial charge in [-0.15, -0.1) is 0 Å². The van der Waals surface area contributed by atoms with E-state index in [1.54, 1.807) is 0 Å². The van der Waals surface area contributed by atoms with E-state index in [4.69, 9.17) is 0 Å². The molecule has 2 aromatic carbocycles. The number of hydrogen-bond acceptors (Lipinski definition) is 3. The first kappa shape index (κ1) is 19.2. The van der Waals surface area contributed by atoms with Gasteiger partial charge in [-0.25, -0.2) is 8.78 Å². The van der Waals surface area contributed by atoms with Crippen molar-refractivity contribution in [1.29, 1.82) is 0 Å². The molecular formula is C21H17F2N3O2. The lowest BCUT2D eigenvalue weighted by Gasteiger charge is -2.14. The Morgan fingerprint density at radius 1 is 0.929 bits per heavy atom. The van der Waals surface area contributed by atoms with E-state index in [0.29, 0.717) is 0 Å². The Morgan fingerprint density at radius 2 is 1.61 bits per heavy atom. The second-order valence-electron chi connectivity index (χ2n) is 6.09. The van der Waals surface area contributed by atoms with Crippen molar-refractivity contribution in [2.45, 2.75) is 13.0 Å². The first-order valence-electron chi connectivity index (χ1n) is 8.53. The molecule has 0 saturated heterocycles. The Morgan fingerprint density at radius 3 is 2.29 bits per heavy atom. The van der Waals surface area contributed by atoms with Crippen LogP contribution in [0, 0.1) is 11.6 Å². The number of rotatable bonds is 5. The number of aromatic nitrogens is 1. The van der Waals surface area contributed by atoms with Crippen LogP contribution in [0.1, 0.15) is 39.4 Å². The van der Waals surface area contributed by atoms with E-state index in [2.05, 4.69) is 15.6 Å². The van der Waals surface area contributed by atoms with Crippen LogP contribution in [0.25, 0.3) is 0 Å². The van der Waals surface area contributed by atoms with E-state index < -0.39 is 29.1 Å². The van der Waals surface area contributed by atoms with Gasteiger partial charge < -0.3 is 10.6 Å². The smallest absolute Gasteiger partial charge is 0.274 e. The van der Waals surface area contributed by atoms with Crippen LogP contribution in [0.15, 0.2) is 66.9 Å². The molecule has 1 unspecified atom stereocenters. The van der Waals surface area contributed by atoms with Crippen LogP contribution >= 0.6 is 0 Å². The number of nitrogens with zero attached hydrogens (tertiary/aromatic N) is 1. The summed E-state index contributed by atoms with van der Waals surface area (Å²) in [4.78, 5) is 28.7. The highest BCUT2D eigenvalue weighted by atomic mass is 19.1. The normalized spacial score (nSPS) is 11.5. The first-order chi connectivity index (χ1) is 13.5. The average Bonchev–Trinajstić information content (AvgIpc) is 2.71. The fourth-order valence-electron chi connectivity index (χ4n) is 2.60. The number of para-hydroxylation sites is 1. The highest BCUT2D eigenvalue weighted by Crippen LogP contribution is 2.19. The molecule has 142 valence electrons. The summed E-state index contributed by atoms with van der Waals surface area (Å²) in [5.74, 6) is -3.03. The van der Waals surface area contributed by atoms with Gasteiger partial charge >= 0.3 is 0 Å². The fraction of sp³-hybridized carbons (Fsp3) is 0.0952. The summed E-state index contributed by atoms with van der Waals surface area (Å²) in [5.41, 5.74) is 0.430. The van der Waals surface area contributed by atoms with Crippen molar-refractivity contribution in [2.24, 2.45) is 0 Å². The molecule has 28 heavy (non-hydrogen) atoms. The zero-order chi connectivity index (χ0) is 20.1. The van der Waals surface area contributed by atoms with Crippen LogP contribution in [-0.4, -0.2) is 16.8 Å². The Hall–Kier alpha value is -3.61. The highest BCUT2D eigenvalue weighted by molar-refractivity contribution is 6.04. The Labute approximate surface area is 160 Å². The van der Waals surface area contributed by atoms with Gasteiger partial charge in [-0.1, -0.05) is 36.4 Å². The molecule has 0 bridgehead atoms. The number of anilines is 1. The molecule has 2 amide bonds. The van der Waals surface area contributed by atoms with Crippen LogP contribution in [0.2, 0.25) is 0 Å². The molecule has 0 aliphatic carbocycles. The van der Waals surface area contributed by atoms with E-state index in [-0.39, 0.29) is 17.3 Å². The van der Waals surface area contributed by atoms with Crippen molar-refractivity contribution < 1.29 is 18.4 Å². The molecule has 0 radical (unpaired) electrons. The monoisotopic (exact) mass is 381 g/mol. The number of carbonyl (C=O) groups is 2. The van der Waals surface area contributed by atoms with Gasteiger partial charge in [0.1, 0.15) is 23.0 Å². The maximum absolute atomic E-state index is 13.7. The predicted octanol–water partition coefficient (Wildman–Crippen LogP) is 4.10. The van der Waals surface area contributed by atoms with E-state index in [1.165, 1.54) is 24.4 Å². The van der Waals surface area contributed by atoms with E-state index in [1.807, 2.05) is 37.3 Å². The van der Waals surface area contributed by atoms with Crippen molar-refractivity contribution in [3.05, 3.63) is 95.3 Å². The Bertz CT molecular complexity index is 989. The lowest BCUT2D eigenvalue weighted by molar-refractivity contribution is 0.0939. The number of pyridine rings is 1. The van der Waals surface area contributed by atoms with Crippen LogP contribution in [-0.2, 0) is 0 Å². The molecule has 3 aromatic rings. The van der Waals surface area contributed by atoms with Crippen LogP contribution < -0.4 is 10.6 Å². The minimum Gasteiger partial charge on any atom is -0.346 e. The zero-order valence-electron chi connectivity index (χ0n) is 14.9. The third-order valence-corrected chi connectivity index (χ3v) is 4.10. The van der Waals surface area contributed by atoms with Gasteiger partial charge in [-0.3, -0.25) is 14.6 Å². The zero-order valence-corrected chi connectivity index (χ0v) is 14.9. The molecule has 0 aliphatic rings. The maximum Gasteiger partial charge on any atom is 0.274 e. The second-order valence-corrected chi connectivity index (χ2v) is 6.09. The lowest BCUT2D eigenvalue weighted by atomic mass is 10.1. The van der Waals surface area contributed by atoms with E-state index in [9.17, 15) is 18.4 Å². The summed E-state index contributed by atoms with van der Waals surface area (Å²) >= 11 is 0. The largest absolute Gasteiger partial charge is 0.346 e. The van der Waals surface area contributed by atoms with Crippen molar-refractivity contribution in [2.75, 3.05) is 5.32 Å². The van der Waals surface area contributed by atoms with Gasteiger partial charge in [0.15, 0.2) is 0 Å². The van der Waals surface area contributed by atoms with Crippen LogP contribution in [0.3, 0.4) is 0 Å². The lowest BCUT2D eigenvalue weighted by Crippen LogP contribution is -2.27. The number of nitrogens with one attached hydrogen (secondary N) is 2. The summed E-state index contributed by atoms with van der Waals surface area (Å²) in [6.07, 6.45) is 1.29. The summed E-state index contributed by atoms with van der Waals surface area (Å²) in [6.45, 7) is 1.84. The molecule has 1 aromatic heterocycles. The van der Waals surface area contributed by atoms with Crippen molar-refractivity contribution in [3.8, 4) is 0 Å². The molecule has 0 spiro atoms. The van der Waals surface area contributed by atoms with Crippen LogP contribution in [0.4, 0.5) is 14.5 Å². The Balaban J connectivity index is 1.74.